The van der Waals surface area contributed by atoms with E-state index in [-0.39, 0.29) is 12.5 Å². The molecule has 1 amide bonds. The first kappa shape index (κ1) is 18.3. The molecule has 2 aromatic carbocycles. The fraction of sp³-hybridized carbons (Fsp3) is 0.316. The Bertz CT molecular complexity index is 686. The molecule has 0 heterocycles. The van der Waals surface area contributed by atoms with Gasteiger partial charge in [-0.1, -0.05) is 42.8 Å². The van der Waals surface area contributed by atoms with Gasteiger partial charge < -0.3 is 10.1 Å². The summed E-state index contributed by atoms with van der Waals surface area (Å²) >= 11 is 5.98. The van der Waals surface area contributed by atoms with Gasteiger partial charge in [0.1, 0.15) is 5.75 Å². The van der Waals surface area contributed by atoms with E-state index in [1.165, 1.54) is 11.1 Å². The van der Waals surface area contributed by atoms with Crippen molar-refractivity contribution in [2.75, 3.05) is 26.0 Å². The number of nitrogens with zero attached hydrogens (tertiary/aromatic N) is 1. The summed E-state index contributed by atoms with van der Waals surface area (Å²) in [5, 5.41) is 3.40. The first-order valence-corrected chi connectivity index (χ1v) is 8.29. The number of anilines is 1. The Morgan fingerprint density at radius 3 is 2.46 bits per heavy atom. The molecule has 0 spiro atoms. The van der Waals surface area contributed by atoms with Gasteiger partial charge in [-0.2, -0.15) is 0 Å². The van der Waals surface area contributed by atoms with Crippen molar-refractivity contribution >= 4 is 23.2 Å². The first-order chi connectivity index (χ1) is 11.5. The summed E-state index contributed by atoms with van der Waals surface area (Å²) in [6.07, 6.45) is 1.03. The van der Waals surface area contributed by atoms with Gasteiger partial charge in [-0.05, 0) is 42.8 Å². The molecule has 1 N–H and O–H groups in total. The normalized spacial score (nSPS) is 10.7. The third-order valence-corrected chi connectivity index (χ3v) is 3.97. The van der Waals surface area contributed by atoms with E-state index in [9.17, 15) is 4.79 Å². The summed E-state index contributed by atoms with van der Waals surface area (Å²) < 4.78 is 5.24. The summed E-state index contributed by atoms with van der Waals surface area (Å²) in [5.74, 6) is 0.480. The van der Waals surface area contributed by atoms with Crippen LogP contribution in [0, 0.1) is 0 Å². The van der Waals surface area contributed by atoms with Crippen molar-refractivity contribution in [2.45, 2.75) is 19.9 Å². The van der Waals surface area contributed by atoms with Gasteiger partial charge in [0.2, 0.25) is 5.91 Å². The van der Waals surface area contributed by atoms with Crippen LogP contribution in [-0.4, -0.2) is 31.5 Å². The van der Waals surface area contributed by atoms with Crippen LogP contribution in [0.1, 0.15) is 18.1 Å². The first-order valence-electron chi connectivity index (χ1n) is 7.91. The van der Waals surface area contributed by atoms with E-state index in [4.69, 9.17) is 16.3 Å². The van der Waals surface area contributed by atoms with Crippen molar-refractivity contribution in [2.24, 2.45) is 0 Å². The fourth-order valence-corrected chi connectivity index (χ4v) is 2.63. The summed E-state index contributed by atoms with van der Waals surface area (Å²) in [6.45, 7) is 3.13. The Hall–Kier alpha value is -2.04. The van der Waals surface area contributed by atoms with E-state index in [0.29, 0.717) is 23.0 Å². The fourth-order valence-electron chi connectivity index (χ4n) is 2.46. The highest BCUT2D eigenvalue weighted by Crippen LogP contribution is 2.27. The van der Waals surface area contributed by atoms with Gasteiger partial charge in [-0.3, -0.25) is 9.69 Å². The third-order valence-electron chi connectivity index (χ3n) is 3.73. The smallest absolute Gasteiger partial charge is 0.238 e. The zero-order valence-electron chi connectivity index (χ0n) is 14.3. The van der Waals surface area contributed by atoms with Gasteiger partial charge >= 0.3 is 0 Å². The molecular weight excluding hydrogens is 324 g/mol. The van der Waals surface area contributed by atoms with Gasteiger partial charge in [0.05, 0.1) is 19.3 Å². The molecule has 0 saturated carbocycles. The minimum Gasteiger partial charge on any atom is -0.495 e. The third kappa shape index (κ3) is 5.25. The Morgan fingerprint density at radius 1 is 1.17 bits per heavy atom. The lowest BCUT2D eigenvalue weighted by Crippen LogP contribution is -2.30. The molecule has 0 bridgehead atoms. The Labute approximate surface area is 148 Å². The van der Waals surface area contributed by atoms with Gasteiger partial charge in [-0.15, -0.1) is 0 Å². The molecule has 5 heteroatoms. The maximum Gasteiger partial charge on any atom is 0.238 e. The Balaban J connectivity index is 1.92. The average Bonchev–Trinajstić information content (AvgIpc) is 2.55. The molecule has 0 unspecified atom stereocenters. The average molecular weight is 347 g/mol. The molecular formula is C19H23ClN2O2. The van der Waals surface area contributed by atoms with Crippen LogP contribution in [0.4, 0.5) is 5.69 Å². The number of carbonyl (C=O) groups is 1. The van der Waals surface area contributed by atoms with Crippen molar-refractivity contribution in [3.8, 4) is 5.75 Å². The van der Waals surface area contributed by atoms with Crippen LogP contribution in [0.3, 0.4) is 0 Å². The minimum atomic E-state index is -0.108. The predicted octanol–water partition coefficient (Wildman–Crippen LogP) is 3.98. The summed E-state index contributed by atoms with van der Waals surface area (Å²) in [7, 11) is 3.48. The number of carbonyl (C=O) groups excluding carboxylic acids is 1. The molecule has 4 nitrogen and oxygen atoms in total. The van der Waals surface area contributed by atoms with Crippen LogP contribution in [0.2, 0.25) is 5.02 Å². The number of rotatable bonds is 7. The molecule has 2 aromatic rings. The van der Waals surface area contributed by atoms with E-state index in [1.807, 2.05) is 11.9 Å². The Morgan fingerprint density at radius 2 is 1.83 bits per heavy atom. The molecule has 0 saturated heterocycles. The lowest BCUT2D eigenvalue weighted by molar-refractivity contribution is -0.117. The zero-order valence-corrected chi connectivity index (χ0v) is 15.1. The van der Waals surface area contributed by atoms with Crippen LogP contribution in [0.5, 0.6) is 5.75 Å². The summed E-state index contributed by atoms with van der Waals surface area (Å²) in [4.78, 5) is 14.2. The summed E-state index contributed by atoms with van der Waals surface area (Å²) in [5.41, 5.74) is 3.07. The van der Waals surface area contributed by atoms with Crippen LogP contribution in [0.15, 0.2) is 42.5 Å². The van der Waals surface area contributed by atoms with Crippen LogP contribution in [0.25, 0.3) is 0 Å². The maximum absolute atomic E-state index is 12.2. The van der Waals surface area contributed by atoms with E-state index >= 15 is 0 Å². The molecule has 0 aliphatic rings. The molecule has 0 fully saturated rings. The topological polar surface area (TPSA) is 41.6 Å². The number of hydrogen-bond acceptors (Lipinski definition) is 3. The van der Waals surface area contributed by atoms with E-state index in [0.717, 1.165) is 6.42 Å². The van der Waals surface area contributed by atoms with Gasteiger partial charge in [0.15, 0.2) is 0 Å². The standard InChI is InChI=1S/C19H23ClN2O2/c1-4-14-5-7-15(8-6-14)12-22(2)13-19(23)21-17-11-16(20)9-10-18(17)24-3/h5-11H,4,12-13H2,1-3H3,(H,21,23). The summed E-state index contributed by atoms with van der Waals surface area (Å²) in [6, 6.07) is 13.6. The number of halogens is 1. The highest BCUT2D eigenvalue weighted by atomic mass is 35.5. The predicted molar refractivity (Wildman–Crippen MR) is 98.8 cm³/mol. The number of nitrogens with one attached hydrogen (secondary N) is 1. The molecule has 0 radical (unpaired) electrons. The highest BCUT2D eigenvalue weighted by Gasteiger charge is 2.11. The van der Waals surface area contributed by atoms with E-state index < -0.39 is 0 Å². The lowest BCUT2D eigenvalue weighted by atomic mass is 10.1. The van der Waals surface area contributed by atoms with Crippen molar-refractivity contribution < 1.29 is 9.53 Å². The molecule has 2 rings (SSSR count). The van der Waals surface area contributed by atoms with E-state index in [2.05, 4.69) is 36.5 Å². The molecule has 0 atom stereocenters. The van der Waals surface area contributed by atoms with Crippen molar-refractivity contribution in [3.05, 3.63) is 58.6 Å². The molecule has 0 aliphatic carbocycles. The number of likely N-dealkylation sites (N-methyl/N-ethyl adjacent to an activating group) is 1. The molecule has 0 aliphatic heterocycles. The van der Waals surface area contributed by atoms with Crippen molar-refractivity contribution in [3.63, 3.8) is 0 Å². The van der Waals surface area contributed by atoms with Crippen LogP contribution >= 0.6 is 11.6 Å². The second-order valence-corrected chi connectivity index (χ2v) is 6.17. The molecule has 24 heavy (non-hydrogen) atoms. The van der Waals surface area contributed by atoms with E-state index in [1.54, 1.807) is 25.3 Å². The largest absolute Gasteiger partial charge is 0.495 e. The quantitative estimate of drug-likeness (QED) is 0.824. The van der Waals surface area contributed by atoms with Crippen molar-refractivity contribution in [1.29, 1.82) is 0 Å². The number of hydrogen-bond donors (Lipinski definition) is 1. The number of aryl methyl sites for hydroxylation is 1. The molecule has 0 aromatic heterocycles. The number of amides is 1. The minimum absolute atomic E-state index is 0.108. The second kappa shape index (κ2) is 8.71. The van der Waals surface area contributed by atoms with Crippen LogP contribution < -0.4 is 10.1 Å². The van der Waals surface area contributed by atoms with Gasteiger partial charge in [-0.25, -0.2) is 0 Å². The Kier molecular flexibility index (Phi) is 6.64. The number of benzene rings is 2. The SMILES string of the molecule is CCc1ccc(CN(C)CC(=O)Nc2cc(Cl)ccc2OC)cc1. The molecule has 128 valence electrons. The monoisotopic (exact) mass is 346 g/mol. The number of methoxy groups -OCH3 is 1. The van der Waals surface area contributed by atoms with Gasteiger partial charge in [0, 0.05) is 11.6 Å². The highest BCUT2D eigenvalue weighted by molar-refractivity contribution is 6.31. The number of ether oxygens (including phenoxy) is 1. The van der Waals surface area contributed by atoms with Gasteiger partial charge in [0.25, 0.3) is 0 Å². The maximum atomic E-state index is 12.2. The van der Waals surface area contributed by atoms with Crippen molar-refractivity contribution in [1.82, 2.24) is 4.90 Å². The zero-order chi connectivity index (χ0) is 17.5. The van der Waals surface area contributed by atoms with Crippen LogP contribution in [-0.2, 0) is 17.8 Å². The second-order valence-electron chi connectivity index (χ2n) is 5.74. The lowest BCUT2D eigenvalue weighted by Gasteiger charge is -2.17.